The molecule has 0 saturated carbocycles. The van der Waals surface area contributed by atoms with E-state index in [2.05, 4.69) is 4.72 Å². The van der Waals surface area contributed by atoms with Gasteiger partial charge in [0.1, 0.15) is 0 Å². The van der Waals surface area contributed by atoms with Crippen molar-refractivity contribution in [1.29, 1.82) is 0 Å². The predicted octanol–water partition coefficient (Wildman–Crippen LogP) is 3.44. The summed E-state index contributed by atoms with van der Waals surface area (Å²) in [6.45, 7) is 5.67. The highest BCUT2D eigenvalue weighted by atomic mass is 32.2. The molecule has 0 radical (unpaired) electrons. The minimum Gasteiger partial charge on any atom is -0.449 e. The maximum atomic E-state index is 12.6. The molecule has 2 aromatic carbocycles. The second-order valence-corrected chi connectivity index (χ2v) is 8.95. The molecule has 1 N–H and O–H groups in total. The number of benzene rings is 2. The van der Waals surface area contributed by atoms with E-state index in [1.165, 1.54) is 11.8 Å². The second-order valence-electron chi connectivity index (χ2n) is 7.21. The van der Waals surface area contributed by atoms with Gasteiger partial charge < -0.3 is 9.64 Å². The summed E-state index contributed by atoms with van der Waals surface area (Å²) in [6.07, 6.45) is 0.617. The van der Waals surface area contributed by atoms with Crippen molar-refractivity contribution in [2.75, 3.05) is 33.9 Å². The highest BCUT2D eigenvalue weighted by Crippen LogP contribution is 2.39. The third-order valence-electron chi connectivity index (χ3n) is 4.74. The van der Waals surface area contributed by atoms with E-state index >= 15 is 0 Å². The van der Waals surface area contributed by atoms with Crippen LogP contribution in [0.1, 0.15) is 20.8 Å². The van der Waals surface area contributed by atoms with Gasteiger partial charge >= 0.3 is 6.09 Å². The minimum absolute atomic E-state index is 0.112. The number of carbonyl (C=O) groups is 2. The van der Waals surface area contributed by atoms with Crippen molar-refractivity contribution < 1.29 is 22.7 Å². The van der Waals surface area contributed by atoms with Crippen LogP contribution in [-0.2, 0) is 19.6 Å². The summed E-state index contributed by atoms with van der Waals surface area (Å²) in [5.74, 6) is -0.112. The van der Waals surface area contributed by atoms with Gasteiger partial charge in [0.2, 0.25) is 15.9 Å². The molecule has 1 heterocycles. The number of carbonyl (C=O) groups excluding carboxylic acids is 2. The number of sulfonamides is 1. The average molecular weight is 432 g/mol. The van der Waals surface area contributed by atoms with Gasteiger partial charge in [-0.1, -0.05) is 18.2 Å². The number of hydrogen-bond donors (Lipinski definition) is 1. The molecule has 0 bridgehead atoms. The Balaban J connectivity index is 2.09. The van der Waals surface area contributed by atoms with Gasteiger partial charge in [-0.15, -0.1) is 0 Å². The largest absolute Gasteiger partial charge is 0.449 e. The predicted molar refractivity (Wildman–Crippen MR) is 117 cm³/mol. The van der Waals surface area contributed by atoms with Crippen molar-refractivity contribution in [3.63, 3.8) is 0 Å². The Labute approximate surface area is 176 Å². The monoisotopic (exact) mass is 431 g/mol. The molecule has 0 saturated heterocycles. The molecular formula is C21H25N3O5S. The molecular weight excluding hydrogens is 406 g/mol. The van der Waals surface area contributed by atoms with E-state index in [1.807, 2.05) is 25.1 Å². The Kier molecular flexibility index (Phi) is 6.02. The minimum atomic E-state index is -3.40. The lowest BCUT2D eigenvalue weighted by Gasteiger charge is -2.40. The number of fused-ring (bicyclic) bond motifs is 1. The molecule has 3 rings (SSSR count). The first-order valence-electron chi connectivity index (χ1n) is 9.57. The van der Waals surface area contributed by atoms with Gasteiger partial charge in [0.25, 0.3) is 0 Å². The number of nitrogens with zero attached hydrogens (tertiary/aromatic N) is 2. The first-order chi connectivity index (χ1) is 14.1. The van der Waals surface area contributed by atoms with Crippen LogP contribution in [-0.4, -0.2) is 45.9 Å². The molecule has 0 aliphatic carbocycles. The lowest BCUT2D eigenvalue weighted by molar-refractivity contribution is -0.117. The Bertz CT molecular complexity index is 1080. The zero-order valence-corrected chi connectivity index (χ0v) is 18.2. The van der Waals surface area contributed by atoms with E-state index in [-0.39, 0.29) is 18.6 Å². The van der Waals surface area contributed by atoms with Crippen LogP contribution in [0.3, 0.4) is 0 Å². The Morgan fingerprint density at radius 2 is 1.83 bits per heavy atom. The molecule has 160 valence electrons. The second kappa shape index (κ2) is 8.35. The third-order valence-corrected chi connectivity index (χ3v) is 5.35. The SMILES string of the molecule is CCOC(=O)N1C[C@H](C)N(C(C)=O)c2ccc(-c3cccc(NS(C)(=O)=O)c3)cc21. The summed E-state index contributed by atoms with van der Waals surface area (Å²) >= 11 is 0. The Hall–Kier alpha value is -3.07. The van der Waals surface area contributed by atoms with E-state index in [1.54, 1.807) is 36.1 Å². The van der Waals surface area contributed by atoms with Gasteiger partial charge in [-0.05, 0) is 49.2 Å². The molecule has 1 aliphatic rings. The van der Waals surface area contributed by atoms with Gasteiger partial charge in [0.05, 0.1) is 30.3 Å². The average Bonchev–Trinajstić information content (AvgIpc) is 2.65. The number of amides is 2. The number of anilines is 3. The third kappa shape index (κ3) is 4.56. The van der Waals surface area contributed by atoms with Gasteiger partial charge in [0.15, 0.2) is 0 Å². The smallest absolute Gasteiger partial charge is 0.414 e. The summed E-state index contributed by atoms with van der Waals surface area (Å²) in [6, 6.07) is 12.2. The molecule has 2 amide bonds. The fourth-order valence-electron chi connectivity index (χ4n) is 3.64. The molecule has 1 atom stereocenters. The van der Waals surface area contributed by atoms with Crippen LogP contribution in [0.5, 0.6) is 0 Å². The lowest BCUT2D eigenvalue weighted by atomic mass is 10.0. The topological polar surface area (TPSA) is 96.0 Å². The normalized spacial score (nSPS) is 16.1. The summed E-state index contributed by atoms with van der Waals surface area (Å²) in [7, 11) is -3.40. The van der Waals surface area contributed by atoms with Crippen molar-refractivity contribution in [1.82, 2.24) is 0 Å². The molecule has 1 aliphatic heterocycles. The van der Waals surface area contributed by atoms with Gasteiger partial charge in [-0.3, -0.25) is 14.4 Å². The van der Waals surface area contributed by atoms with E-state index in [9.17, 15) is 18.0 Å². The highest BCUT2D eigenvalue weighted by molar-refractivity contribution is 7.92. The van der Waals surface area contributed by atoms with Crippen LogP contribution < -0.4 is 14.5 Å². The summed E-state index contributed by atoms with van der Waals surface area (Å²) in [5, 5.41) is 0. The van der Waals surface area contributed by atoms with Crippen molar-refractivity contribution in [3.8, 4) is 11.1 Å². The number of ether oxygens (including phenoxy) is 1. The quantitative estimate of drug-likeness (QED) is 0.800. The first kappa shape index (κ1) is 21.6. The van der Waals surface area contributed by atoms with Crippen molar-refractivity contribution in [2.45, 2.75) is 26.8 Å². The molecule has 2 aromatic rings. The van der Waals surface area contributed by atoms with Crippen LogP contribution in [0.4, 0.5) is 21.9 Å². The maximum absolute atomic E-state index is 12.6. The number of nitrogens with one attached hydrogen (secondary N) is 1. The standard InChI is InChI=1S/C21H25N3O5S/c1-5-29-21(26)23-13-14(2)24(15(3)25)19-10-9-17(12-20(19)23)16-7-6-8-18(11-16)22-30(4,27)28/h6-12,14,22H,5,13H2,1-4H3/t14-/m0/s1. The maximum Gasteiger partial charge on any atom is 0.414 e. The van der Waals surface area contributed by atoms with E-state index in [4.69, 9.17) is 4.74 Å². The lowest BCUT2D eigenvalue weighted by Crippen LogP contribution is -2.51. The Morgan fingerprint density at radius 3 is 2.47 bits per heavy atom. The molecule has 0 unspecified atom stereocenters. The van der Waals surface area contributed by atoms with Crippen molar-refractivity contribution in [2.24, 2.45) is 0 Å². The van der Waals surface area contributed by atoms with Crippen LogP contribution in [0.25, 0.3) is 11.1 Å². The molecule has 8 nitrogen and oxygen atoms in total. The van der Waals surface area contributed by atoms with E-state index in [0.717, 1.165) is 17.4 Å². The highest BCUT2D eigenvalue weighted by Gasteiger charge is 2.34. The van der Waals surface area contributed by atoms with Crippen LogP contribution in [0.15, 0.2) is 42.5 Å². The number of rotatable bonds is 4. The van der Waals surface area contributed by atoms with Crippen LogP contribution >= 0.6 is 0 Å². The fraction of sp³-hybridized carbons (Fsp3) is 0.333. The fourth-order valence-corrected chi connectivity index (χ4v) is 4.19. The van der Waals surface area contributed by atoms with E-state index < -0.39 is 16.1 Å². The zero-order chi connectivity index (χ0) is 22.1. The van der Waals surface area contributed by atoms with Crippen LogP contribution in [0, 0.1) is 0 Å². The van der Waals surface area contributed by atoms with Crippen LogP contribution in [0.2, 0.25) is 0 Å². The summed E-state index contributed by atoms with van der Waals surface area (Å²) in [5.41, 5.74) is 3.18. The van der Waals surface area contributed by atoms with Gasteiger partial charge in [0, 0.05) is 19.2 Å². The molecule has 30 heavy (non-hydrogen) atoms. The molecule has 0 aromatic heterocycles. The van der Waals surface area contributed by atoms with E-state index in [0.29, 0.717) is 23.6 Å². The first-order valence-corrected chi connectivity index (χ1v) is 11.5. The van der Waals surface area contributed by atoms with Gasteiger partial charge in [-0.25, -0.2) is 13.2 Å². The summed E-state index contributed by atoms with van der Waals surface area (Å²) in [4.78, 5) is 28.0. The number of hydrogen-bond acceptors (Lipinski definition) is 5. The van der Waals surface area contributed by atoms with Crippen molar-refractivity contribution in [3.05, 3.63) is 42.5 Å². The molecule has 9 heteroatoms. The van der Waals surface area contributed by atoms with Gasteiger partial charge in [-0.2, -0.15) is 0 Å². The Morgan fingerprint density at radius 1 is 1.13 bits per heavy atom. The summed E-state index contributed by atoms with van der Waals surface area (Å²) < 4.78 is 30.8. The molecule has 0 fully saturated rings. The zero-order valence-electron chi connectivity index (χ0n) is 17.4. The molecule has 0 spiro atoms. The van der Waals surface area contributed by atoms with Crippen molar-refractivity contribution >= 4 is 39.1 Å².